The Morgan fingerprint density at radius 3 is 2.95 bits per heavy atom. The Balaban J connectivity index is 1.58. The van der Waals surface area contributed by atoms with Crippen LogP contribution in [-0.2, 0) is 17.8 Å². The third-order valence-corrected chi connectivity index (χ3v) is 3.67. The number of rotatable bonds is 5. The van der Waals surface area contributed by atoms with Crippen molar-refractivity contribution in [3.8, 4) is 0 Å². The van der Waals surface area contributed by atoms with E-state index in [2.05, 4.69) is 20.0 Å². The summed E-state index contributed by atoms with van der Waals surface area (Å²) in [5.41, 5.74) is 2.71. The molecule has 0 aliphatic heterocycles. The first-order valence-electron chi connectivity index (χ1n) is 6.84. The molecule has 0 unspecified atom stereocenters. The van der Waals surface area contributed by atoms with E-state index >= 15 is 0 Å². The summed E-state index contributed by atoms with van der Waals surface area (Å²) in [6.45, 7) is 4.19. The van der Waals surface area contributed by atoms with E-state index < -0.39 is 0 Å². The maximum absolute atomic E-state index is 12.0. The monoisotopic (exact) mass is 274 g/mol. The lowest BCUT2D eigenvalue weighted by atomic mass is 10.1. The van der Waals surface area contributed by atoms with Gasteiger partial charge in [-0.05, 0) is 26.7 Å². The molecule has 2 aromatic heterocycles. The number of aryl methyl sites for hydroxylation is 2. The zero-order chi connectivity index (χ0) is 14.1. The Hall–Kier alpha value is -2.11. The van der Waals surface area contributed by atoms with Crippen molar-refractivity contribution >= 4 is 5.91 Å². The molecule has 20 heavy (non-hydrogen) atoms. The quantitative estimate of drug-likeness (QED) is 0.900. The van der Waals surface area contributed by atoms with Crippen LogP contribution in [0.3, 0.4) is 0 Å². The van der Waals surface area contributed by atoms with Gasteiger partial charge >= 0.3 is 0 Å². The van der Waals surface area contributed by atoms with Crippen LogP contribution in [0.5, 0.6) is 0 Å². The number of imidazole rings is 1. The van der Waals surface area contributed by atoms with Crippen molar-refractivity contribution in [3.63, 3.8) is 0 Å². The maximum Gasteiger partial charge on any atom is 0.224 e. The largest absolute Gasteiger partial charge is 0.361 e. The maximum atomic E-state index is 12.0. The van der Waals surface area contributed by atoms with Crippen molar-refractivity contribution in [2.45, 2.75) is 45.7 Å². The van der Waals surface area contributed by atoms with Gasteiger partial charge in [0, 0.05) is 17.8 Å². The standard InChI is InChI=1S/C14H18N4O2/c1-9-13(10(2)20-17-9)5-14(19)16-7-12-6-15-8-18(12)11-3-4-11/h6,8,11H,3-5,7H2,1-2H3,(H,16,19). The highest BCUT2D eigenvalue weighted by Crippen LogP contribution is 2.35. The molecule has 106 valence electrons. The average molecular weight is 274 g/mol. The molecule has 0 saturated heterocycles. The molecular weight excluding hydrogens is 256 g/mol. The highest BCUT2D eigenvalue weighted by Gasteiger charge is 2.25. The normalized spacial score (nSPS) is 14.5. The molecule has 0 aromatic carbocycles. The van der Waals surface area contributed by atoms with Crippen molar-refractivity contribution in [2.75, 3.05) is 0 Å². The second-order valence-corrected chi connectivity index (χ2v) is 5.28. The van der Waals surface area contributed by atoms with Crippen molar-refractivity contribution in [1.29, 1.82) is 0 Å². The molecule has 2 aromatic rings. The van der Waals surface area contributed by atoms with Gasteiger partial charge < -0.3 is 14.4 Å². The zero-order valence-electron chi connectivity index (χ0n) is 11.7. The molecule has 0 spiro atoms. The summed E-state index contributed by atoms with van der Waals surface area (Å²) in [7, 11) is 0. The molecule has 1 amide bonds. The molecule has 1 saturated carbocycles. The summed E-state index contributed by atoms with van der Waals surface area (Å²) < 4.78 is 7.21. The number of carbonyl (C=O) groups excluding carboxylic acids is 1. The lowest BCUT2D eigenvalue weighted by Crippen LogP contribution is -2.26. The lowest BCUT2D eigenvalue weighted by Gasteiger charge is -2.08. The highest BCUT2D eigenvalue weighted by atomic mass is 16.5. The second kappa shape index (κ2) is 5.11. The molecule has 1 fully saturated rings. The summed E-state index contributed by atoms with van der Waals surface area (Å²) in [5, 5.41) is 6.79. The van der Waals surface area contributed by atoms with Crippen molar-refractivity contribution in [1.82, 2.24) is 20.0 Å². The number of aromatic nitrogens is 3. The molecule has 1 aliphatic rings. The van der Waals surface area contributed by atoms with Crippen molar-refractivity contribution in [3.05, 3.63) is 35.2 Å². The van der Waals surface area contributed by atoms with Gasteiger partial charge in [-0.25, -0.2) is 4.98 Å². The fourth-order valence-electron chi connectivity index (χ4n) is 2.32. The van der Waals surface area contributed by atoms with Gasteiger partial charge in [0.2, 0.25) is 5.91 Å². The highest BCUT2D eigenvalue weighted by molar-refractivity contribution is 5.78. The first-order valence-corrected chi connectivity index (χ1v) is 6.84. The fraction of sp³-hybridized carbons (Fsp3) is 0.500. The zero-order valence-corrected chi connectivity index (χ0v) is 11.7. The SMILES string of the molecule is Cc1noc(C)c1CC(=O)NCc1cncn1C1CC1. The smallest absolute Gasteiger partial charge is 0.224 e. The van der Waals surface area contributed by atoms with Gasteiger partial charge in [-0.15, -0.1) is 0 Å². The minimum Gasteiger partial charge on any atom is -0.361 e. The van der Waals surface area contributed by atoms with Gasteiger partial charge in [0.05, 0.1) is 30.7 Å². The Kier molecular flexibility index (Phi) is 3.30. The van der Waals surface area contributed by atoms with Gasteiger partial charge in [0.25, 0.3) is 0 Å². The summed E-state index contributed by atoms with van der Waals surface area (Å²) in [4.78, 5) is 16.1. The minimum atomic E-state index is -0.0250. The number of nitrogens with one attached hydrogen (secondary N) is 1. The van der Waals surface area contributed by atoms with Gasteiger partial charge in [-0.2, -0.15) is 0 Å². The van der Waals surface area contributed by atoms with E-state index in [1.165, 1.54) is 12.8 Å². The predicted octanol–water partition coefficient (Wildman–Crippen LogP) is 1.68. The molecule has 1 N–H and O–H groups in total. The van der Waals surface area contributed by atoms with Crippen LogP contribution < -0.4 is 5.32 Å². The summed E-state index contributed by atoms with van der Waals surface area (Å²) in [6, 6.07) is 0.576. The van der Waals surface area contributed by atoms with Crippen LogP contribution in [-0.4, -0.2) is 20.6 Å². The van der Waals surface area contributed by atoms with E-state index in [1.807, 2.05) is 26.4 Å². The van der Waals surface area contributed by atoms with E-state index in [9.17, 15) is 4.79 Å². The van der Waals surface area contributed by atoms with Crippen molar-refractivity contribution in [2.24, 2.45) is 0 Å². The summed E-state index contributed by atoms with van der Waals surface area (Å²) >= 11 is 0. The van der Waals surface area contributed by atoms with Crippen LogP contribution >= 0.6 is 0 Å². The molecular formula is C14H18N4O2. The van der Waals surface area contributed by atoms with E-state index in [-0.39, 0.29) is 5.91 Å². The van der Waals surface area contributed by atoms with Crippen LogP contribution in [0.15, 0.2) is 17.0 Å². The molecule has 3 rings (SSSR count). The lowest BCUT2D eigenvalue weighted by molar-refractivity contribution is -0.120. The van der Waals surface area contributed by atoms with Crippen LogP contribution in [0.25, 0.3) is 0 Å². The van der Waals surface area contributed by atoms with Gasteiger partial charge in [-0.1, -0.05) is 5.16 Å². The van der Waals surface area contributed by atoms with Gasteiger partial charge in [0.1, 0.15) is 5.76 Å². The third kappa shape index (κ3) is 2.59. The minimum absolute atomic E-state index is 0.0250. The van der Waals surface area contributed by atoms with Crippen LogP contribution in [0.4, 0.5) is 0 Å². The molecule has 6 nitrogen and oxygen atoms in total. The molecule has 0 bridgehead atoms. The number of amides is 1. The van der Waals surface area contributed by atoms with Gasteiger partial charge in [0.15, 0.2) is 0 Å². The molecule has 0 atom stereocenters. The molecule has 6 heteroatoms. The number of carbonyl (C=O) groups is 1. The topological polar surface area (TPSA) is 73.0 Å². The average Bonchev–Trinajstić information content (AvgIpc) is 3.10. The Bertz CT molecular complexity index is 605. The first kappa shape index (κ1) is 12.9. The molecule has 0 radical (unpaired) electrons. The van der Waals surface area contributed by atoms with Crippen LogP contribution in [0.1, 0.15) is 41.6 Å². The Morgan fingerprint density at radius 1 is 1.50 bits per heavy atom. The van der Waals surface area contributed by atoms with Crippen molar-refractivity contribution < 1.29 is 9.32 Å². The molecule has 2 heterocycles. The summed E-state index contributed by atoms with van der Waals surface area (Å²) in [5.74, 6) is 0.684. The van der Waals surface area contributed by atoms with E-state index in [1.54, 1.807) is 0 Å². The number of hydrogen-bond acceptors (Lipinski definition) is 4. The third-order valence-electron chi connectivity index (χ3n) is 3.67. The fourth-order valence-corrected chi connectivity index (χ4v) is 2.32. The second-order valence-electron chi connectivity index (χ2n) is 5.28. The first-order chi connectivity index (χ1) is 9.65. The van der Waals surface area contributed by atoms with E-state index in [0.717, 1.165) is 17.0 Å². The Morgan fingerprint density at radius 2 is 2.30 bits per heavy atom. The summed E-state index contributed by atoms with van der Waals surface area (Å²) in [6.07, 6.45) is 6.37. The Labute approximate surface area is 117 Å². The van der Waals surface area contributed by atoms with E-state index in [0.29, 0.717) is 24.8 Å². The van der Waals surface area contributed by atoms with Gasteiger partial charge in [-0.3, -0.25) is 4.79 Å². The number of nitrogens with zero attached hydrogens (tertiary/aromatic N) is 3. The van der Waals surface area contributed by atoms with Crippen LogP contribution in [0, 0.1) is 13.8 Å². The molecule has 1 aliphatic carbocycles. The van der Waals surface area contributed by atoms with E-state index in [4.69, 9.17) is 4.52 Å². The number of hydrogen-bond donors (Lipinski definition) is 1. The van der Waals surface area contributed by atoms with Crippen LogP contribution in [0.2, 0.25) is 0 Å². The predicted molar refractivity (Wildman–Crippen MR) is 72.0 cm³/mol.